The van der Waals surface area contributed by atoms with Crippen molar-refractivity contribution in [1.82, 2.24) is 10.3 Å². The zero-order valence-corrected chi connectivity index (χ0v) is 23.2. The Balaban J connectivity index is 1.51. The lowest BCUT2D eigenvalue weighted by Gasteiger charge is -2.33. The van der Waals surface area contributed by atoms with Crippen molar-refractivity contribution in [3.05, 3.63) is 168 Å². The van der Waals surface area contributed by atoms with Crippen molar-refractivity contribution in [3.8, 4) is 0 Å². The molecule has 6 nitrogen and oxygen atoms in total. The Kier molecular flexibility index (Phi) is 9.17. The Labute approximate surface area is 246 Å². The van der Waals surface area contributed by atoms with Crippen LogP contribution < -0.4 is 10.6 Å². The third-order valence-corrected chi connectivity index (χ3v) is 7.42. The number of anilines is 1. The summed E-state index contributed by atoms with van der Waals surface area (Å²) in [5.74, 6) is -1.19. The van der Waals surface area contributed by atoms with Crippen LogP contribution in [-0.2, 0) is 17.6 Å². The fourth-order valence-corrected chi connectivity index (χ4v) is 5.28. The Bertz CT molecular complexity index is 1550. The number of amides is 1. The monoisotopic (exact) mass is 555 g/mol. The van der Waals surface area contributed by atoms with E-state index in [-0.39, 0.29) is 12.5 Å². The third kappa shape index (κ3) is 6.97. The highest BCUT2D eigenvalue weighted by Crippen LogP contribution is 2.33. The molecule has 5 aromatic rings. The summed E-state index contributed by atoms with van der Waals surface area (Å²) in [5.41, 5.74) is 3.49. The molecular formula is C36H33N3O3. The van der Waals surface area contributed by atoms with Gasteiger partial charge in [-0.1, -0.05) is 115 Å². The molecule has 1 heterocycles. The molecule has 1 unspecified atom stereocenters. The van der Waals surface area contributed by atoms with E-state index in [1.807, 2.05) is 115 Å². The lowest BCUT2D eigenvalue weighted by atomic mass is 9.76. The number of hydrogen-bond donors (Lipinski definition) is 3. The second-order valence-corrected chi connectivity index (χ2v) is 10.4. The summed E-state index contributed by atoms with van der Waals surface area (Å²) in [5, 5.41) is 17.4. The number of carbonyl (C=O) groups is 2. The van der Waals surface area contributed by atoms with Crippen LogP contribution in [0, 0.1) is 5.41 Å². The quantitative estimate of drug-likeness (QED) is 0.162. The van der Waals surface area contributed by atoms with Crippen LogP contribution in [0.1, 0.15) is 38.8 Å². The molecule has 3 N–H and O–H groups in total. The van der Waals surface area contributed by atoms with E-state index in [1.54, 1.807) is 24.4 Å². The number of benzene rings is 4. The zero-order chi connectivity index (χ0) is 29.2. The summed E-state index contributed by atoms with van der Waals surface area (Å²) >= 11 is 0. The number of rotatable bonds is 12. The van der Waals surface area contributed by atoms with Crippen molar-refractivity contribution in [3.63, 3.8) is 0 Å². The number of carboxylic acid groups (broad SMARTS) is 1. The van der Waals surface area contributed by atoms with Gasteiger partial charge in [-0.05, 0) is 53.3 Å². The molecule has 0 radical (unpaired) electrons. The zero-order valence-electron chi connectivity index (χ0n) is 23.2. The van der Waals surface area contributed by atoms with E-state index in [2.05, 4.69) is 15.6 Å². The number of aliphatic carboxylic acids is 1. The maximum Gasteiger partial charge on any atom is 0.311 e. The number of nitrogens with zero attached hydrogens (tertiary/aromatic N) is 1. The van der Waals surface area contributed by atoms with Crippen LogP contribution in [0.4, 0.5) is 5.69 Å². The van der Waals surface area contributed by atoms with E-state index in [4.69, 9.17) is 0 Å². The van der Waals surface area contributed by atoms with Crippen molar-refractivity contribution < 1.29 is 14.7 Å². The van der Waals surface area contributed by atoms with E-state index < -0.39 is 17.4 Å². The van der Waals surface area contributed by atoms with E-state index in [1.165, 1.54) is 0 Å². The van der Waals surface area contributed by atoms with E-state index in [0.717, 1.165) is 22.3 Å². The van der Waals surface area contributed by atoms with E-state index in [9.17, 15) is 14.7 Å². The summed E-state index contributed by atoms with van der Waals surface area (Å²) in [4.78, 5) is 30.4. The molecular weight excluding hydrogens is 522 g/mol. The lowest BCUT2D eigenvalue weighted by molar-refractivity contribution is -0.148. The van der Waals surface area contributed by atoms with E-state index in [0.29, 0.717) is 24.2 Å². The first-order chi connectivity index (χ1) is 20.5. The van der Waals surface area contributed by atoms with Gasteiger partial charge < -0.3 is 15.7 Å². The first kappa shape index (κ1) is 28.5. The van der Waals surface area contributed by atoms with Gasteiger partial charge in [-0.15, -0.1) is 0 Å². The number of para-hydroxylation sites is 1. The van der Waals surface area contributed by atoms with Crippen molar-refractivity contribution in [2.45, 2.75) is 18.9 Å². The minimum absolute atomic E-state index is 0.189. The number of aromatic nitrogens is 1. The van der Waals surface area contributed by atoms with Crippen molar-refractivity contribution >= 4 is 17.6 Å². The second kappa shape index (κ2) is 13.5. The van der Waals surface area contributed by atoms with Gasteiger partial charge in [-0.25, -0.2) is 0 Å². The molecule has 210 valence electrons. The maximum absolute atomic E-state index is 13.2. The number of carboxylic acids is 1. The minimum Gasteiger partial charge on any atom is -0.481 e. The molecule has 0 saturated carbocycles. The third-order valence-electron chi connectivity index (χ3n) is 7.42. The average molecular weight is 556 g/mol. The highest BCUT2D eigenvalue weighted by molar-refractivity contribution is 6.03. The molecule has 1 amide bonds. The van der Waals surface area contributed by atoms with Crippen LogP contribution in [0.2, 0.25) is 0 Å². The average Bonchev–Trinajstić information content (AvgIpc) is 3.03. The standard InChI is InChI=1S/C36H33N3O3/c40-34(32-22-12-13-23-37-32)39-31-21-11-10-20-30(31)33(29-18-8-3-9-19-29)38-26-36(35(41)42,24-27-14-4-1-5-15-27)25-28-16-6-2-7-17-28/h1-23,33,38H,24-26H2,(H,39,40)(H,41,42). The highest BCUT2D eigenvalue weighted by atomic mass is 16.4. The number of carbonyl (C=O) groups excluding carboxylic acids is 1. The first-order valence-electron chi connectivity index (χ1n) is 13.9. The van der Waals surface area contributed by atoms with Gasteiger partial charge in [0.1, 0.15) is 5.69 Å². The molecule has 0 saturated heterocycles. The summed E-state index contributed by atoms with van der Waals surface area (Å²) in [7, 11) is 0. The van der Waals surface area contributed by atoms with Crippen LogP contribution in [0.5, 0.6) is 0 Å². The van der Waals surface area contributed by atoms with Gasteiger partial charge in [-0.3, -0.25) is 14.6 Å². The first-order valence-corrected chi connectivity index (χ1v) is 13.9. The van der Waals surface area contributed by atoms with Gasteiger partial charge >= 0.3 is 5.97 Å². The molecule has 0 bridgehead atoms. The summed E-state index contributed by atoms with van der Waals surface area (Å²) in [6.07, 6.45) is 2.29. The molecule has 0 fully saturated rings. The molecule has 0 spiro atoms. The summed E-state index contributed by atoms with van der Waals surface area (Å²) in [6.45, 7) is 0.189. The molecule has 6 heteroatoms. The summed E-state index contributed by atoms with van der Waals surface area (Å²) in [6, 6.07) is 41.8. The van der Waals surface area contributed by atoms with Crippen LogP contribution in [0.25, 0.3) is 0 Å². The second-order valence-electron chi connectivity index (χ2n) is 10.4. The molecule has 0 aliphatic carbocycles. The smallest absolute Gasteiger partial charge is 0.311 e. The number of hydrogen-bond acceptors (Lipinski definition) is 4. The van der Waals surface area contributed by atoms with Crippen molar-refractivity contribution in [2.75, 3.05) is 11.9 Å². The Morgan fingerprint density at radius 3 is 1.81 bits per heavy atom. The van der Waals surface area contributed by atoms with Gasteiger partial charge in [0.05, 0.1) is 11.5 Å². The molecule has 1 aromatic heterocycles. The fourth-order valence-electron chi connectivity index (χ4n) is 5.28. The fraction of sp³-hybridized carbons (Fsp3) is 0.139. The van der Waals surface area contributed by atoms with Gasteiger partial charge in [-0.2, -0.15) is 0 Å². The van der Waals surface area contributed by atoms with E-state index >= 15 is 0 Å². The molecule has 4 aromatic carbocycles. The van der Waals surface area contributed by atoms with Crippen molar-refractivity contribution in [2.24, 2.45) is 5.41 Å². The van der Waals surface area contributed by atoms with Crippen molar-refractivity contribution in [1.29, 1.82) is 0 Å². The number of pyridine rings is 1. The van der Waals surface area contributed by atoms with Crippen LogP contribution in [-0.4, -0.2) is 28.5 Å². The largest absolute Gasteiger partial charge is 0.481 e. The normalized spacial score (nSPS) is 11.9. The topological polar surface area (TPSA) is 91.3 Å². The maximum atomic E-state index is 13.2. The minimum atomic E-state index is -1.14. The molecule has 0 aliphatic heterocycles. The Morgan fingerprint density at radius 2 is 1.24 bits per heavy atom. The Hall–Kier alpha value is -5.07. The predicted octanol–water partition coefficient (Wildman–Crippen LogP) is 6.57. The predicted molar refractivity (Wildman–Crippen MR) is 165 cm³/mol. The van der Waals surface area contributed by atoms with Gasteiger partial charge in [0.2, 0.25) is 0 Å². The molecule has 0 aliphatic rings. The van der Waals surface area contributed by atoms with Crippen LogP contribution in [0.3, 0.4) is 0 Å². The van der Waals surface area contributed by atoms with Gasteiger partial charge in [0.25, 0.3) is 5.91 Å². The molecule has 42 heavy (non-hydrogen) atoms. The molecule has 5 rings (SSSR count). The van der Waals surface area contributed by atoms with Gasteiger partial charge in [0.15, 0.2) is 0 Å². The van der Waals surface area contributed by atoms with Crippen LogP contribution >= 0.6 is 0 Å². The lowest BCUT2D eigenvalue weighted by Crippen LogP contribution is -2.46. The molecule has 1 atom stereocenters. The highest BCUT2D eigenvalue weighted by Gasteiger charge is 2.39. The SMILES string of the molecule is O=C(Nc1ccccc1C(NCC(Cc1ccccc1)(Cc1ccccc1)C(=O)O)c1ccccc1)c1ccccn1. The Morgan fingerprint density at radius 1 is 0.690 bits per heavy atom. The van der Waals surface area contributed by atoms with Crippen LogP contribution in [0.15, 0.2) is 140 Å². The summed E-state index contributed by atoms with van der Waals surface area (Å²) < 4.78 is 0. The van der Waals surface area contributed by atoms with Gasteiger partial charge in [0, 0.05) is 18.4 Å². The number of nitrogens with one attached hydrogen (secondary N) is 2.